The van der Waals surface area contributed by atoms with Crippen molar-refractivity contribution in [3.8, 4) is 0 Å². The lowest BCUT2D eigenvalue weighted by molar-refractivity contribution is -0.384. The van der Waals surface area contributed by atoms with Gasteiger partial charge in [-0.3, -0.25) is 24.5 Å². The van der Waals surface area contributed by atoms with Crippen molar-refractivity contribution in [2.75, 3.05) is 11.9 Å². The van der Waals surface area contributed by atoms with E-state index in [1.807, 2.05) is 0 Å². The van der Waals surface area contributed by atoms with Gasteiger partial charge in [-0.05, 0) is 37.3 Å². The van der Waals surface area contributed by atoms with Crippen LogP contribution in [-0.2, 0) is 14.3 Å². The minimum Gasteiger partial charge on any atom is -0.452 e. The number of ether oxygens (including phenoxy) is 1. The monoisotopic (exact) mass is 481 g/mol. The number of hydrogen-bond acceptors (Lipinski definition) is 6. The van der Waals surface area contributed by atoms with E-state index in [-0.39, 0.29) is 29.9 Å². The maximum atomic E-state index is 13.8. The minimum absolute atomic E-state index is 0.0542. The number of nitro benzene ring substituents is 1. The van der Waals surface area contributed by atoms with Crippen LogP contribution in [0.4, 0.5) is 15.8 Å². The van der Waals surface area contributed by atoms with Gasteiger partial charge in [-0.2, -0.15) is 0 Å². The smallest absolute Gasteiger partial charge is 0.308 e. The van der Waals surface area contributed by atoms with Crippen LogP contribution in [0.15, 0.2) is 46.9 Å². The van der Waals surface area contributed by atoms with E-state index in [4.69, 9.17) is 4.74 Å². The van der Waals surface area contributed by atoms with Gasteiger partial charge in [0.2, 0.25) is 0 Å². The Morgan fingerprint density at radius 3 is 2.47 bits per heavy atom. The highest BCUT2D eigenvalue weighted by Crippen LogP contribution is 2.19. The van der Waals surface area contributed by atoms with Crippen molar-refractivity contribution in [1.82, 2.24) is 5.32 Å². The molecule has 2 aromatic carbocycles. The second-order valence-corrected chi connectivity index (χ2v) is 6.97. The Kier molecular flexibility index (Phi) is 7.98. The second kappa shape index (κ2) is 10.4. The molecule has 1 atom stereocenters. The summed E-state index contributed by atoms with van der Waals surface area (Å²) < 4.78 is 19.2. The predicted molar refractivity (Wildman–Crippen MR) is 108 cm³/mol. The summed E-state index contributed by atoms with van der Waals surface area (Å²) in [5.74, 6) is -2.61. The first-order valence-corrected chi connectivity index (χ1v) is 9.44. The van der Waals surface area contributed by atoms with Crippen LogP contribution in [0.3, 0.4) is 0 Å². The number of halogens is 2. The third kappa shape index (κ3) is 6.62. The molecule has 2 amide bonds. The molecule has 0 bridgehead atoms. The molecule has 0 spiro atoms. The first-order chi connectivity index (χ1) is 14.2. The molecule has 0 radical (unpaired) electrons. The zero-order chi connectivity index (χ0) is 22.3. The van der Waals surface area contributed by atoms with Gasteiger partial charge in [0, 0.05) is 28.7 Å². The molecule has 30 heavy (non-hydrogen) atoms. The Labute approximate surface area is 178 Å². The molecule has 2 N–H and O–H groups in total. The second-order valence-electron chi connectivity index (χ2n) is 6.06. The van der Waals surface area contributed by atoms with Crippen LogP contribution in [0, 0.1) is 15.9 Å². The van der Waals surface area contributed by atoms with Crippen LogP contribution in [0.25, 0.3) is 0 Å². The zero-order valence-corrected chi connectivity index (χ0v) is 17.3. The summed E-state index contributed by atoms with van der Waals surface area (Å²) in [6, 6.07) is 9.05. The zero-order valence-electron chi connectivity index (χ0n) is 15.7. The Balaban J connectivity index is 1.77. The van der Waals surface area contributed by atoms with Gasteiger partial charge in [0.15, 0.2) is 6.10 Å². The van der Waals surface area contributed by atoms with Crippen molar-refractivity contribution in [3.63, 3.8) is 0 Å². The number of benzene rings is 2. The number of carbonyl (C=O) groups excluding carboxylic acids is 3. The van der Waals surface area contributed by atoms with Crippen LogP contribution in [0.1, 0.15) is 23.7 Å². The Morgan fingerprint density at radius 1 is 1.20 bits per heavy atom. The average Bonchev–Trinajstić information content (AvgIpc) is 2.69. The summed E-state index contributed by atoms with van der Waals surface area (Å²) in [7, 11) is 0. The number of nitrogens with one attached hydrogen (secondary N) is 2. The SMILES string of the molecule is CC(OC(=O)CCNC(=O)c1ccc([N+](=O)[O-])cc1)C(=O)Nc1ccc(Br)cc1F. The Morgan fingerprint density at radius 2 is 1.87 bits per heavy atom. The van der Waals surface area contributed by atoms with Gasteiger partial charge >= 0.3 is 5.97 Å². The summed E-state index contributed by atoms with van der Waals surface area (Å²) >= 11 is 3.10. The molecule has 11 heteroatoms. The van der Waals surface area contributed by atoms with Crippen LogP contribution in [-0.4, -0.2) is 35.4 Å². The van der Waals surface area contributed by atoms with E-state index in [2.05, 4.69) is 26.6 Å². The normalized spacial score (nSPS) is 11.3. The fraction of sp³-hybridized carbons (Fsp3) is 0.211. The van der Waals surface area contributed by atoms with E-state index in [9.17, 15) is 28.9 Å². The lowest BCUT2D eigenvalue weighted by Crippen LogP contribution is -2.32. The minimum atomic E-state index is -1.18. The summed E-state index contributed by atoms with van der Waals surface area (Å²) in [5, 5.41) is 15.4. The van der Waals surface area contributed by atoms with Crippen LogP contribution in [0.2, 0.25) is 0 Å². The van der Waals surface area contributed by atoms with E-state index in [0.717, 1.165) is 0 Å². The molecular weight excluding hydrogens is 465 g/mol. The maximum absolute atomic E-state index is 13.8. The Hall–Kier alpha value is -3.34. The van der Waals surface area contributed by atoms with Gasteiger partial charge < -0.3 is 15.4 Å². The van der Waals surface area contributed by atoms with E-state index >= 15 is 0 Å². The molecule has 0 heterocycles. The van der Waals surface area contributed by atoms with Crippen LogP contribution < -0.4 is 10.6 Å². The molecule has 0 aliphatic carbocycles. The summed E-state index contributed by atoms with van der Waals surface area (Å²) in [6.45, 7) is 1.27. The number of esters is 1. The molecule has 0 saturated heterocycles. The fourth-order valence-corrected chi connectivity index (χ4v) is 2.58. The molecular formula is C19H17BrFN3O6. The van der Waals surface area contributed by atoms with E-state index in [0.29, 0.717) is 4.47 Å². The van der Waals surface area contributed by atoms with Gasteiger partial charge in [-0.1, -0.05) is 15.9 Å². The maximum Gasteiger partial charge on any atom is 0.308 e. The topological polar surface area (TPSA) is 128 Å². The van der Waals surface area contributed by atoms with E-state index in [1.165, 1.54) is 43.3 Å². The van der Waals surface area contributed by atoms with Gasteiger partial charge in [0.05, 0.1) is 17.0 Å². The first-order valence-electron chi connectivity index (χ1n) is 8.65. The van der Waals surface area contributed by atoms with Gasteiger partial charge in [-0.25, -0.2) is 4.39 Å². The molecule has 0 aromatic heterocycles. The van der Waals surface area contributed by atoms with Crippen molar-refractivity contribution in [2.24, 2.45) is 0 Å². The van der Waals surface area contributed by atoms with E-state index < -0.39 is 34.6 Å². The number of anilines is 1. The lowest BCUT2D eigenvalue weighted by atomic mass is 10.2. The summed E-state index contributed by atoms with van der Waals surface area (Å²) in [5.41, 5.74) is -0.00916. The number of hydrogen-bond donors (Lipinski definition) is 2. The highest BCUT2D eigenvalue weighted by Gasteiger charge is 2.19. The van der Waals surface area contributed by atoms with Gasteiger partial charge in [0.25, 0.3) is 17.5 Å². The number of nitrogens with zero attached hydrogens (tertiary/aromatic N) is 1. The van der Waals surface area contributed by atoms with Gasteiger partial charge in [0.1, 0.15) is 5.82 Å². The largest absolute Gasteiger partial charge is 0.452 e. The van der Waals surface area contributed by atoms with Crippen molar-refractivity contribution in [2.45, 2.75) is 19.4 Å². The third-order valence-electron chi connectivity index (χ3n) is 3.82. The van der Waals surface area contributed by atoms with Crippen LogP contribution in [0.5, 0.6) is 0 Å². The molecule has 158 valence electrons. The van der Waals surface area contributed by atoms with Crippen molar-refractivity contribution in [3.05, 3.63) is 68.4 Å². The molecule has 0 aliphatic rings. The number of amides is 2. The molecule has 0 aliphatic heterocycles. The average molecular weight is 482 g/mol. The van der Waals surface area contributed by atoms with Gasteiger partial charge in [-0.15, -0.1) is 0 Å². The molecule has 0 saturated carbocycles. The van der Waals surface area contributed by atoms with Crippen molar-refractivity contribution < 1.29 is 28.4 Å². The van der Waals surface area contributed by atoms with Crippen molar-refractivity contribution in [1.29, 1.82) is 0 Å². The van der Waals surface area contributed by atoms with E-state index in [1.54, 1.807) is 6.07 Å². The number of non-ortho nitro benzene ring substituents is 1. The molecule has 0 fully saturated rings. The molecule has 1 unspecified atom stereocenters. The Bertz CT molecular complexity index is 967. The summed E-state index contributed by atoms with van der Waals surface area (Å²) in [4.78, 5) is 45.9. The molecule has 2 aromatic rings. The first kappa shape index (κ1) is 22.9. The quantitative estimate of drug-likeness (QED) is 0.338. The van der Waals surface area contributed by atoms with Crippen LogP contribution >= 0.6 is 15.9 Å². The molecule has 2 rings (SSSR count). The van der Waals surface area contributed by atoms with Crippen molar-refractivity contribution >= 4 is 45.1 Å². The highest BCUT2D eigenvalue weighted by atomic mass is 79.9. The predicted octanol–water partition coefficient (Wildman–Crippen LogP) is 3.19. The third-order valence-corrected chi connectivity index (χ3v) is 4.31. The highest BCUT2D eigenvalue weighted by molar-refractivity contribution is 9.10. The fourth-order valence-electron chi connectivity index (χ4n) is 2.25. The number of rotatable bonds is 8. The standard InChI is InChI=1S/C19H17BrFN3O6/c1-11(18(26)23-16-7-4-13(20)10-15(16)21)30-17(25)8-9-22-19(27)12-2-5-14(6-3-12)24(28)29/h2-7,10-11H,8-9H2,1H3,(H,22,27)(H,23,26). The number of nitro groups is 1. The summed E-state index contributed by atoms with van der Waals surface area (Å²) in [6.07, 6.45) is -1.38. The molecule has 9 nitrogen and oxygen atoms in total. The lowest BCUT2D eigenvalue weighted by Gasteiger charge is -2.14. The number of carbonyl (C=O) groups is 3.